The van der Waals surface area contributed by atoms with Crippen molar-refractivity contribution in [1.29, 1.82) is 0 Å². The summed E-state index contributed by atoms with van der Waals surface area (Å²) in [5.74, 6) is 0. The van der Waals surface area contributed by atoms with Gasteiger partial charge in [-0.3, -0.25) is 0 Å². The molecule has 0 aromatic heterocycles. The fourth-order valence-electron chi connectivity index (χ4n) is 3.28. The molecule has 164 valence electrons. The van der Waals surface area contributed by atoms with Crippen LogP contribution in [0.2, 0.25) is 26.2 Å². The third-order valence-corrected chi connectivity index (χ3v) is 16.4. The summed E-state index contributed by atoms with van der Waals surface area (Å²) < 4.78 is 13.1. The van der Waals surface area contributed by atoms with Gasteiger partial charge in [0.25, 0.3) is 0 Å². The average Bonchev–Trinajstić information content (AvgIpc) is 2.61. The first-order valence-electron chi connectivity index (χ1n) is 11.7. The molecule has 0 aromatic carbocycles. The van der Waals surface area contributed by atoms with Crippen LogP contribution in [0.3, 0.4) is 0 Å². The van der Waals surface area contributed by atoms with Gasteiger partial charge in [0.1, 0.15) is 0 Å². The molecule has 0 aliphatic carbocycles. The lowest BCUT2D eigenvalue weighted by Crippen LogP contribution is -2.49. The van der Waals surface area contributed by atoms with Gasteiger partial charge in [0.15, 0.2) is 16.6 Å². The topological polar surface area (TPSA) is 18.5 Å². The van der Waals surface area contributed by atoms with Crippen LogP contribution >= 0.6 is 11.8 Å². The smallest absolute Gasteiger partial charge is 0.199 e. The van der Waals surface area contributed by atoms with E-state index in [1.165, 1.54) is 64.2 Å². The highest BCUT2D eigenvalue weighted by atomic mass is 32.2. The molecule has 0 aliphatic heterocycles. The van der Waals surface area contributed by atoms with Crippen LogP contribution in [0.4, 0.5) is 0 Å². The predicted octanol–water partition coefficient (Wildman–Crippen LogP) is 7.96. The molecule has 5 heteroatoms. The van der Waals surface area contributed by atoms with Crippen LogP contribution in [0.25, 0.3) is 0 Å². The summed E-state index contributed by atoms with van der Waals surface area (Å²) in [6.07, 6.45) is 12.7. The Labute approximate surface area is 178 Å². The second kappa shape index (κ2) is 15.5. The van der Waals surface area contributed by atoms with Crippen molar-refractivity contribution in [1.82, 2.24) is 0 Å². The zero-order chi connectivity index (χ0) is 20.8. The fraction of sp³-hybridized carbons (Fsp3) is 1.00. The fourth-order valence-corrected chi connectivity index (χ4v) is 12.2. The maximum Gasteiger partial charge on any atom is 0.199 e. The van der Waals surface area contributed by atoms with Gasteiger partial charge in [-0.25, -0.2) is 0 Å². The molecule has 0 saturated heterocycles. The molecule has 2 atom stereocenters. The lowest BCUT2D eigenvalue weighted by atomic mass is 10.3. The maximum absolute atomic E-state index is 6.54. The molecule has 0 amide bonds. The van der Waals surface area contributed by atoms with Crippen molar-refractivity contribution in [2.45, 2.75) is 128 Å². The second-order valence-corrected chi connectivity index (χ2v) is 19.6. The van der Waals surface area contributed by atoms with Crippen molar-refractivity contribution < 1.29 is 8.85 Å². The van der Waals surface area contributed by atoms with E-state index in [-0.39, 0.29) is 0 Å². The highest BCUT2D eigenvalue weighted by molar-refractivity contribution is 8.03. The summed E-state index contributed by atoms with van der Waals surface area (Å²) in [5, 5.41) is 0. The molecule has 0 aliphatic rings. The van der Waals surface area contributed by atoms with Gasteiger partial charge in [-0.15, -0.1) is 0 Å². The monoisotopic (exact) mass is 434 g/mol. The van der Waals surface area contributed by atoms with Gasteiger partial charge in [0.2, 0.25) is 0 Å². The van der Waals surface area contributed by atoms with Gasteiger partial charge in [-0.1, -0.05) is 66.2 Å². The van der Waals surface area contributed by atoms with Crippen LogP contribution in [0.15, 0.2) is 0 Å². The quantitative estimate of drug-likeness (QED) is 0.161. The molecule has 0 fully saturated rings. The van der Waals surface area contributed by atoms with E-state index in [0.717, 1.165) is 13.2 Å². The average molecular weight is 435 g/mol. The largest absolute Gasteiger partial charge is 0.416 e. The van der Waals surface area contributed by atoms with Crippen molar-refractivity contribution in [2.75, 3.05) is 13.2 Å². The molecular formula is C22H50O2SSi2. The summed E-state index contributed by atoms with van der Waals surface area (Å²) in [4.78, 5) is 1.38. The number of hydrogen-bond acceptors (Lipinski definition) is 3. The van der Waals surface area contributed by atoms with Crippen LogP contribution < -0.4 is 0 Å². The van der Waals surface area contributed by atoms with Gasteiger partial charge in [-0.05, 0) is 51.9 Å². The van der Waals surface area contributed by atoms with Crippen LogP contribution in [0, 0.1) is 0 Å². The predicted molar refractivity (Wildman–Crippen MR) is 131 cm³/mol. The Balaban J connectivity index is 5.20. The van der Waals surface area contributed by atoms with Crippen molar-refractivity contribution in [3.05, 3.63) is 0 Å². The molecule has 0 saturated carbocycles. The zero-order valence-electron chi connectivity index (χ0n) is 19.9. The molecule has 2 unspecified atom stereocenters. The normalized spacial score (nSPS) is 15.1. The van der Waals surface area contributed by atoms with Crippen LogP contribution in [-0.2, 0) is 8.85 Å². The number of unbranched alkanes of at least 4 members (excludes halogenated alkanes) is 4. The molecule has 0 rings (SSSR count). The maximum atomic E-state index is 6.54. The molecular weight excluding hydrogens is 384 g/mol. The van der Waals surface area contributed by atoms with E-state index in [2.05, 4.69) is 65.6 Å². The summed E-state index contributed by atoms with van der Waals surface area (Å²) in [6.45, 7) is 20.9. The Morgan fingerprint density at radius 2 is 0.926 bits per heavy atom. The van der Waals surface area contributed by atoms with Crippen LogP contribution in [0.1, 0.15) is 91.9 Å². The molecule has 0 bridgehead atoms. The van der Waals surface area contributed by atoms with Crippen molar-refractivity contribution in [3.8, 4) is 0 Å². The highest BCUT2D eigenvalue weighted by Crippen LogP contribution is 2.37. The molecule has 0 N–H and O–H groups in total. The first kappa shape index (κ1) is 27.7. The zero-order valence-corrected chi connectivity index (χ0v) is 22.7. The first-order valence-corrected chi connectivity index (χ1v) is 18.6. The number of hydrogen-bond donors (Lipinski definition) is 0. The first-order chi connectivity index (χ1) is 12.7. The second-order valence-electron chi connectivity index (χ2n) is 9.01. The van der Waals surface area contributed by atoms with E-state index >= 15 is 0 Å². The SMILES string of the molecule is CCCCO[Si](C)(C)C(CCCC)SC(CCCC)[Si](C)(C)OCCCC. The molecule has 0 aromatic rings. The van der Waals surface area contributed by atoms with Gasteiger partial charge in [-0.2, -0.15) is 11.8 Å². The molecule has 27 heavy (non-hydrogen) atoms. The van der Waals surface area contributed by atoms with Crippen molar-refractivity contribution in [3.63, 3.8) is 0 Å². The number of rotatable bonds is 18. The molecule has 0 heterocycles. The minimum absolute atomic E-state index is 0.692. The van der Waals surface area contributed by atoms with Gasteiger partial charge in [0.05, 0.1) is 0 Å². The van der Waals surface area contributed by atoms with Crippen LogP contribution in [-0.4, -0.2) is 39.6 Å². The van der Waals surface area contributed by atoms with E-state index in [1.54, 1.807) is 0 Å². The Bertz CT molecular complexity index is 319. The Kier molecular flexibility index (Phi) is 15.9. The van der Waals surface area contributed by atoms with E-state index in [1.807, 2.05) is 0 Å². The van der Waals surface area contributed by atoms with Gasteiger partial charge >= 0.3 is 0 Å². The van der Waals surface area contributed by atoms with Crippen molar-refractivity contribution >= 4 is 28.4 Å². The Hall–Kier alpha value is 0.704. The standard InChI is InChI=1S/C22H50O2SSi2/c1-9-13-17-21(26(5,6)23-19-15-11-3)25-22(18-14-10-2)27(7,8)24-20-16-12-4/h21-22H,9-20H2,1-8H3. The van der Waals surface area contributed by atoms with E-state index in [4.69, 9.17) is 8.85 Å². The third-order valence-electron chi connectivity index (χ3n) is 5.46. The number of thioether (sulfide) groups is 1. The summed E-state index contributed by atoms with van der Waals surface area (Å²) >= 11 is 2.27. The summed E-state index contributed by atoms with van der Waals surface area (Å²) in [5.41, 5.74) is 0. The van der Waals surface area contributed by atoms with Gasteiger partial charge in [0, 0.05) is 23.0 Å². The van der Waals surface area contributed by atoms with Gasteiger partial charge < -0.3 is 8.85 Å². The summed E-state index contributed by atoms with van der Waals surface area (Å²) in [6, 6.07) is 0. The summed E-state index contributed by atoms with van der Waals surface area (Å²) in [7, 11) is -3.39. The van der Waals surface area contributed by atoms with Crippen LogP contribution in [0.5, 0.6) is 0 Å². The molecule has 0 spiro atoms. The Morgan fingerprint density at radius 3 is 1.22 bits per heavy atom. The molecule has 0 radical (unpaired) electrons. The van der Waals surface area contributed by atoms with Crippen molar-refractivity contribution in [2.24, 2.45) is 0 Å². The lowest BCUT2D eigenvalue weighted by molar-refractivity contribution is 0.294. The minimum Gasteiger partial charge on any atom is -0.416 e. The Morgan fingerprint density at radius 1 is 0.593 bits per heavy atom. The molecule has 2 nitrogen and oxygen atoms in total. The van der Waals surface area contributed by atoms with E-state index in [0.29, 0.717) is 9.75 Å². The lowest BCUT2D eigenvalue weighted by Gasteiger charge is -2.39. The highest BCUT2D eigenvalue weighted by Gasteiger charge is 2.41. The van der Waals surface area contributed by atoms with E-state index in [9.17, 15) is 0 Å². The van der Waals surface area contributed by atoms with E-state index < -0.39 is 16.6 Å². The minimum atomic E-state index is -1.70. The third kappa shape index (κ3) is 12.1.